The number of halogens is 4. The Morgan fingerprint density at radius 2 is 2.06 bits per heavy atom. The highest BCUT2D eigenvalue weighted by molar-refractivity contribution is 7.95. The second-order valence-electron chi connectivity index (χ2n) is 7.87. The number of piperidine rings is 1. The molecular weight excluding hydrogens is 508 g/mol. The Morgan fingerprint density at radius 1 is 1.31 bits per heavy atom. The number of anilines is 4. The van der Waals surface area contributed by atoms with Gasteiger partial charge in [0.15, 0.2) is 0 Å². The number of rotatable bonds is 8. The van der Waals surface area contributed by atoms with Gasteiger partial charge in [0.25, 0.3) is 10.0 Å². The maximum atomic E-state index is 13.8. The summed E-state index contributed by atoms with van der Waals surface area (Å²) < 4.78 is 81.1. The standard InChI is InChI=1S/C21H24F4N6O4S/c1-2-8-36(34,35)30-17-9-13(22)5-6-16(17)28-19-15(21(23,24)25)10-26-20(29-19)27-14-4-3-7-31(11-14)18(33)12-32/h2,5-6,8-10,14,30,32H,3-4,7,11-12H2,1H3,(H2,26,27,28,29). The van der Waals surface area contributed by atoms with E-state index in [0.717, 1.165) is 23.6 Å². The highest BCUT2D eigenvalue weighted by Gasteiger charge is 2.36. The third kappa shape index (κ3) is 7.04. The van der Waals surface area contributed by atoms with E-state index in [9.17, 15) is 30.8 Å². The van der Waals surface area contributed by atoms with Crippen LogP contribution in [0.5, 0.6) is 0 Å². The number of nitrogens with zero attached hydrogens (tertiary/aromatic N) is 3. The van der Waals surface area contributed by atoms with E-state index in [2.05, 4.69) is 25.3 Å². The van der Waals surface area contributed by atoms with Crippen molar-refractivity contribution in [2.24, 2.45) is 0 Å². The smallest absolute Gasteiger partial charge is 0.387 e. The minimum Gasteiger partial charge on any atom is -0.387 e. The molecular formula is C21H24F4N6O4S. The van der Waals surface area contributed by atoms with Crippen molar-refractivity contribution in [1.29, 1.82) is 0 Å². The number of nitrogens with one attached hydrogen (secondary N) is 3. The van der Waals surface area contributed by atoms with Crippen molar-refractivity contribution in [3.8, 4) is 0 Å². The largest absolute Gasteiger partial charge is 0.421 e. The van der Waals surface area contributed by atoms with Crippen LogP contribution in [0.1, 0.15) is 25.3 Å². The van der Waals surface area contributed by atoms with Crippen LogP contribution in [0.4, 0.5) is 40.7 Å². The van der Waals surface area contributed by atoms with Gasteiger partial charge < -0.3 is 20.6 Å². The summed E-state index contributed by atoms with van der Waals surface area (Å²) in [6.07, 6.45) is -1.90. The van der Waals surface area contributed by atoms with Crippen molar-refractivity contribution in [1.82, 2.24) is 14.9 Å². The molecule has 15 heteroatoms. The lowest BCUT2D eigenvalue weighted by atomic mass is 10.1. The lowest BCUT2D eigenvalue weighted by molar-refractivity contribution is -0.137. The zero-order valence-electron chi connectivity index (χ0n) is 19.0. The fourth-order valence-electron chi connectivity index (χ4n) is 3.56. The maximum Gasteiger partial charge on any atom is 0.421 e. The molecule has 36 heavy (non-hydrogen) atoms. The summed E-state index contributed by atoms with van der Waals surface area (Å²) >= 11 is 0. The molecule has 3 rings (SSSR count). The molecule has 1 fully saturated rings. The molecule has 1 amide bonds. The summed E-state index contributed by atoms with van der Waals surface area (Å²) in [5.41, 5.74) is -1.75. The molecule has 10 nitrogen and oxygen atoms in total. The van der Waals surface area contributed by atoms with Crippen LogP contribution in [0.3, 0.4) is 0 Å². The second-order valence-corrected chi connectivity index (χ2v) is 9.43. The number of benzene rings is 1. The Balaban J connectivity index is 1.93. The topological polar surface area (TPSA) is 137 Å². The first-order valence-corrected chi connectivity index (χ1v) is 12.3. The Bertz CT molecular complexity index is 1240. The van der Waals surface area contributed by atoms with Crippen LogP contribution in [0.15, 0.2) is 35.9 Å². The van der Waals surface area contributed by atoms with Gasteiger partial charge in [-0.05, 0) is 31.9 Å². The van der Waals surface area contributed by atoms with Crippen molar-refractivity contribution in [2.75, 3.05) is 35.1 Å². The molecule has 1 atom stereocenters. The van der Waals surface area contributed by atoms with Crippen molar-refractivity contribution < 1.29 is 35.9 Å². The van der Waals surface area contributed by atoms with E-state index >= 15 is 0 Å². The fraction of sp³-hybridized carbons (Fsp3) is 0.381. The van der Waals surface area contributed by atoms with Gasteiger partial charge in [-0.25, -0.2) is 17.8 Å². The molecule has 0 spiro atoms. The molecule has 1 saturated heterocycles. The number of aliphatic hydroxyl groups is 1. The predicted octanol–water partition coefficient (Wildman–Crippen LogP) is 3.05. The molecule has 0 bridgehead atoms. The van der Waals surface area contributed by atoms with E-state index in [1.54, 1.807) is 0 Å². The lowest BCUT2D eigenvalue weighted by Gasteiger charge is -2.32. The zero-order chi connectivity index (χ0) is 26.5. The summed E-state index contributed by atoms with van der Waals surface area (Å²) in [6.45, 7) is 1.42. The SMILES string of the molecule is CC=CS(=O)(=O)Nc1cc(F)ccc1Nc1nc(NC2CCCN(C(=O)CO)C2)ncc1C(F)(F)F. The van der Waals surface area contributed by atoms with Gasteiger partial charge in [-0.2, -0.15) is 18.2 Å². The minimum atomic E-state index is -4.86. The van der Waals surface area contributed by atoms with E-state index in [1.807, 2.05) is 0 Å². The van der Waals surface area contributed by atoms with E-state index in [4.69, 9.17) is 5.11 Å². The Labute approximate surface area is 204 Å². The van der Waals surface area contributed by atoms with Gasteiger partial charge in [-0.1, -0.05) is 6.08 Å². The molecule has 0 saturated carbocycles. The maximum absolute atomic E-state index is 13.8. The third-order valence-corrected chi connectivity index (χ3v) is 6.27. The number of alkyl halides is 3. The number of aromatic nitrogens is 2. The summed E-state index contributed by atoms with van der Waals surface area (Å²) in [5.74, 6) is -2.16. The molecule has 1 aliphatic rings. The number of hydrogen-bond acceptors (Lipinski definition) is 8. The average Bonchev–Trinajstić information content (AvgIpc) is 2.79. The Kier molecular flexibility index (Phi) is 8.35. The molecule has 1 aromatic carbocycles. The van der Waals surface area contributed by atoms with Crippen LogP contribution in [0.2, 0.25) is 0 Å². The number of aliphatic hydroxyl groups excluding tert-OH is 1. The van der Waals surface area contributed by atoms with Gasteiger partial charge in [0.2, 0.25) is 11.9 Å². The first-order chi connectivity index (χ1) is 16.9. The lowest BCUT2D eigenvalue weighted by Crippen LogP contribution is -2.46. The van der Waals surface area contributed by atoms with Gasteiger partial charge >= 0.3 is 6.18 Å². The molecule has 1 aromatic heterocycles. The molecule has 2 aromatic rings. The Hall–Kier alpha value is -3.46. The first-order valence-electron chi connectivity index (χ1n) is 10.7. The molecule has 196 valence electrons. The quantitative estimate of drug-likeness (QED) is 0.381. The third-order valence-electron chi connectivity index (χ3n) is 5.14. The summed E-state index contributed by atoms with van der Waals surface area (Å²) in [4.78, 5) is 20.9. The van der Waals surface area contributed by atoms with Crippen molar-refractivity contribution in [3.63, 3.8) is 0 Å². The van der Waals surface area contributed by atoms with E-state index < -0.39 is 45.9 Å². The molecule has 0 aliphatic carbocycles. The summed E-state index contributed by atoms with van der Waals surface area (Å²) in [6, 6.07) is 2.44. The van der Waals surface area contributed by atoms with Crippen molar-refractivity contribution >= 4 is 39.1 Å². The molecule has 1 unspecified atom stereocenters. The molecule has 1 aliphatic heterocycles. The van der Waals surface area contributed by atoms with Gasteiger partial charge in [-0.3, -0.25) is 9.52 Å². The minimum absolute atomic E-state index is 0.174. The first kappa shape index (κ1) is 27.1. The predicted molar refractivity (Wildman–Crippen MR) is 124 cm³/mol. The van der Waals surface area contributed by atoms with Gasteiger partial charge in [0.1, 0.15) is 23.8 Å². The van der Waals surface area contributed by atoms with Crippen LogP contribution < -0.4 is 15.4 Å². The van der Waals surface area contributed by atoms with Crippen LogP contribution in [0, 0.1) is 5.82 Å². The number of carbonyl (C=O) groups excluding carboxylic acids is 1. The normalized spacial score (nSPS) is 16.7. The number of sulfonamides is 1. The summed E-state index contributed by atoms with van der Waals surface area (Å²) in [7, 11) is -4.05. The van der Waals surface area contributed by atoms with Crippen LogP contribution >= 0.6 is 0 Å². The number of allylic oxidation sites excluding steroid dienone is 1. The van der Waals surface area contributed by atoms with Gasteiger partial charge in [0.05, 0.1) is 11.4 Å². The number of hydrogen-bond donors (Lipinski definition) is 4. The summed E-state index contributed by atoms with van der Waals surface area (Å²) in [5, 5.41) is 15.2. The van der Waals surface area contributed by atoms with Crippen LogP contribution in [0.25, 0.3) is 0 Å². The number of likely N-dealkylation sites (tertiary alicyclic amines) is 1. The highest BCUT2D eigenvalue weighted by Crippen LogP contribution is 2.37. The molecule has 2 heterocycles. The van der Waals surface area contributed by atoms with E-state index in [1.165, 1.54) is 17.9 Å². The van der Waals surface area contributed by atoms with Gasteiger partial charge in [0, 0.05) is 36.8 Å². The molecule has 4 N–H and O–H groups in total. The zero-order valence-corrected chi connectivity index (χ0v) is 19.8. The van der Waals surface area contributed by atoms with Gasteiger partial charge in [-0.15, -0.1) is 0 Å². The van der Waals surface area contributed by atoms with E-state index in [0.29, 0.717) is 25.6 Å². The fourth-order valence-corrected chi connectivity index (χ4v) is 4.46. The number of carbonyl (C=O) groups is 1. The van der Waals surface area contributed by atoms with Crippen LogP contribution in [-0.4, -0.2) is 60.0 Å². The second kappa shape index (κ2) is 11.1. The Morgan fingerprint density at radius 3 is 2.72 bits per heavy atom. The monoisotopic (exact) mass is 532 g/mol. The number of amides is 1. The van der Waals surface area contributed by atoms with Crippen LogP contribution in [-0.2, 0) is 21.0 Å². The van der Waals surface area contributed by atoms with Crippen molar-refractivity contribution in [3.05, 3.63) is 47.3 Å². The van der Waals surface area contributed by atoms with E-state index in [-0.39, 0.29) is 29.9 Å². The van der Waals surface area contributed by atoms with Crippen molar-refractivity contribution in [2.45, 2.75) is 32.0 Å². The average molecular weight is 533 g/mol. The highest BCUT2D eigenvalue weighted by atomic mass is 32.2. The molecule has 0 radical (unpaired) electrons.